The van der Waals surface area contributed by atoms with Gasteiger partial charge >= 0.3 is 0 Å². The average molecular weight is 722 g/mol. The van der Waals surface area contributed by atoms with E-state index in [1.54, 1.807) is 0 Å². The van der Waals surface area contributed by atoms with Crippen LogP contribution in [0.5, 0.6) is 0 Å². The number of ether oxygens (including phenoxy) is 8. The van der Waals surface area contributed by atoms with Gasteiger partial charge in [-0.1, -0.05) is 0 Å². The number of hydrogen-bond acceptors (Lipinski definition) is 21. The van der Waals surface area contributed by atoms with Gasteiger partial charge in [0.05, 0.1) is 26.4 Å². The van der Waals surface area contributed by atoms with Crippen molar-refractivity contribution in [3.05, 3.63) is 0 Å². The van der Waals surface area contributed by atoms with Crippen LogP contribution in [0.25, 0.3) is 0 Å². The van der Waals surface area contributed by atoms with Crippen molar-refractivity contribution >= 4 is 5.91 Å². The first-order valence-corrected chi connectivity index (χ1v) is 15.5. The third-order valence-corrected chi connectivity index (χ3v) is 8.86. The molecule has 4 aliphatic rings. The summed E-state index contributed by atoms with van der Waals surface area (Å²) in [5.74, 6) is -0.730. The second kappa shape index (κ2) is 17.5. The highest BCUT2D eigenvalue weighted by Crippen LogP contribution is 2.34. The molecule has 4 saturated heterocycles. The van der Waals surface area contributed by atoms with E-state index >= 15 is 0 Å². The molecule has 0 aromatic rings. The van der Waals surface area contributed by atoms with Crippen LogP contribution in [0.15, 0.2) is 0 Å². The molecule has 4 heterocycles. The Hall–Kier alpha value is -1.33. The maximum atomic E-state index is 12.4. The molecule has 4 rings (SSSR count). The minimum absolute atomic E-state index is 0.730. The van der Waals surface area contributed by atoms with Crippen molar-refractivity contribution in [2.45, 2.75) is 130 Å². The highest BCUT2D eigenvalue weighted by Gasteiger charge is 2.56. The predicted octanol–water partition coefficient (Wildman–Crippen LogP) is -8.95. The third-order valence-electron chi connectivity index (χ3n) is 8.86. The molecule has 286 valence electrons. The van der Waals surface area contributed by atoms with Crippen LogP contribution in [-0.4, -0.2) is 223 Å². The third kappa shape index (κ3) is 8.50. The maximum absolute atomic E-state index is 12.4. The van der Waals surface area contributed by atoms with Gasteiger partial charge < -0.3 is 104 Å². The van der Waals surface area contributed by atoms with Crippen molar-refractivity contribution in [1.82, 2.24) is 5.32 Å². The zero-order valence-electron chi connectivity index (χ0n) is 26.4. The Kier molecular flexibility index (Phi) is 14.4. The summed E-state index contributed by atoms with van der Waals surface area (Å²) < 4.78 is 44.5. The number of rotatable bonds is 12. The quantitative estimate of drug-likeness (QED) is 0.0889. The van der Waals surface area contributed by atoms with E-state index in [4.69, 9.17) is 37.9 Å². The summed E-state index contributed by atoms with van der Waals surface area (Å²) in [6, 6.07) is -1.55. The van der Waals surface area contributed by atoms with Gasteiger partial charge in [0.1, 0.15) is 97.6 Å². The van der Waals surface area contributed by atoms with Crippen LogP contribution in [-0.2, 0) is 42.7 Å². The maximum Gasteiger partial charge on any atom is 0.217 e. The molecule has 4 aliphatic heterocycles. The molecule has 0 aliphatic carbocycles. The van der Waals surface area contributed by atoms with Gasteiger partial charge in [-0.3, -0.25) is 4.79 Å². The van der Waals surface area contributed by atoms with Gasteiger partial charge in [0.25, 0.3) is 0 Å². The Morgan fingerprint density at radius 2 is 1.00 bits per heavy atom. The summed E-state index contributed by atoms with van der Waals surface area (Å²) >= 11 is 0. The van der Waals surface area contributed by atoms with Gasteiger partial charge in [0.15, 0.2) is 25.2 Å². The van der Waals surface area contributed by atoms with Gasteiger partial charge in [-0.25, -0.2) is 0 Å². The summed E-state index contributed by atoms with van der Waals surface area (Å²) in [6.45, 7) is -2.26. The molecule has 1 amide bonds. The number of aliphatic hydroxyl groups is 12. The van der Waals surface area contributed by atoms with Crippen LogP contribution in [0.3, 0.4) is 0 Å². The molecule has 0 spiro atoms. The minimum Gasteiger partial charge on any atom is -0.394 e. The van der Waals surface area contributed by atoms with Gasteiger partial charge in [0.2, 0.25) is 5.91 Å². The molecular formula is C27H47NO21. The SMILES string of the molecule is CO[C@H]1[C@H](O[C@H]2[C@H](O)[C@@H](CO)O[C@@H](O[C@H]3[C@@H](O)[C@@H](CO)O[C@@H](O[C@H]4[C@H](O)[C@@H](O)[C@@H](O)O[C@@H]4CO)[C@@H]3O)[C@@H]2NC(C)=O)O[C@H](CO)[C@H](O)[C@@H]1O. The molecule has 20 atom stereocenters. The second-order valence-electron chi connectivity index (χ2n) is 12.1. The minimum atomic E-state index is -2.02. The van der Waals surface area contributed by atoms with E-state index < -0.39 is 155 Å². The van der Waals surface area contributed by atoms with E-state index in [0.29, 0.717) is 0 Å². The number of aliphatic hydroxyl groups excluding tert-OH is 12. The number of amides is 1. The van der Waals surface area contributed by atoms with E-state index in [2.05, 4.69) is 5.32 Å². The Balaban J connectivity index is 1.62. The van der Waals surface area contributed by atoms with E-state index in [1.807, 2.05) is 0 Å². The molecule has 0 unspecified atom stereocenters. The van der Waals surface area contributed by atoms with Gasteiger partial charge in [-0.05, 0) is 0 Å². The van der Waals surface area contributed by atoms with Crippen LogP contribution in [0.4, 0.5) is 0 Å². The number of methoxy groups -OCH3 is 1. The van der Waals surface area contributed by atoms with Gasteiger partial charge in [-0.2, -0.15) is 0 Å². The van der Waals surface area contributed by atoms with Crippen molar-refractivity contribution in [3.8, 4) is 0 Å². The lowest BCUT2D eigenvalue weighted by Crippen LogP contribution is -2.70. The largest absolute Gasteiger partial charge is 0.394 e. The monoisotopic (exact) mass is 721 g/mol. The van der Waals surface area contributed by atoms with Crippen molar-refractivity contribution in [1.29, 1.82) is 0 Å². The lowest BCUT2D eigenvalue weighted by atomic mass is 9.94. The molecule has 0 bridgehead atoms. The highest BCUT2D eigenvalue weighted by molar-refractivity contribution is 5.73. The molecule has 49 heavy (non-hydrogen) atoms. The predicted molar refractivity (Wildman–Crippen MR) is 150 cm³/mol. The summed E-state index contributed by atoms with van der Waals surface area (Å²) in [4.78, 5) is 12.4. The molecular weight excluding hydrogens is 674 g/mol. The van der Waals surface area contributed by atoms with Crippen LogP contribution >= 0.6 is 0 Å². The summed E-state index contributed by atoms with van der Waals surface area (Å²) in [5.41, 5.74) is 0. The zero-order valence-corrected chi connectivity index (χ0v) is 26.4. The summed E-state index contributed by atoms with van der Waals surface area (Å²) in [6.07, 6.45) is -32.2. The lowest BCUT2D eigenvalue weighted by Gasteiger charge is -2.50. The standard InChI is InChI=1S/C27H47NO21/c1-7(33)28-12-21(48-27-23(42-2)16(37)13(34)8(3-29)46-27)14(35)9(4-30)44-25(12)49-22-15(36)10(5-31)45-26(19(22)40)47-20-11(6-32)43-24(41)18(39)17(20)38/h8-27,29-32,34-41H,3-6H2,1-2H3,(H,28,33)/t8-,9-,10-,11-,12-,13+,14-,15+,16+,17-,18-,19-,20-,21-,22+,23-,24+,25+,26+,27+/m1/s1. The van der Waals surface area contributed by atoms with Crippen LogP contribution in [0.1, 0.15) is 6.92 Å². The number of carbonyl (C=O) groups is 1. The Morgan fingerprint density at radius 1 is 0.531 bits per heavy atom. The van der Waals surface area contributed by atoms with E-state index in [0.717, 1.165) is 14.0 Å². The first kappa shape index (κ1) is 40.4. The Labute approximate surface area is 278 Å². The fraction of sp³-hybridized carbons (Fsp3) is 0.963. The normalized spacial score (nSPS) is 49.4. The molecule has 13 N–H and O–H groups in total. The zero-order chi connectivity index (χ0) is 36.3. The van der Waals surface area contributed by atoms with Crippen LogP contribution in [0, 0.1) is 0 Å². The van der Waals surface area contributed by atoms with E-state index in [-0.39, 0.29) is 0 Å². The fourth-order valence-corrected chi connectivity index (χ4v) is 6.18. The number of carbonyl (C=O) groups excluding carboxylic acids is 1. The molecule has 0 radical (unpaired) electrons. The molecule has 0 aromatic heterocycles. The van der Waals surface area contributed by atoms with Crippen molar-refractivity contribution < 1.29 is 104 Å². The average Bonchev–Trinajstić information content (AvgIpc) is 3.07. The summed E-state index contributed by atoms with van der Waals surface area (Å²) in [5, 5.41) is 127. The first-order valence-electron chi connectivity index (χ1n) is 15.5. The van der Waals surface area contributed by atoms with Gasteiger partial charge in [0, 0.05) is 14.0 Å². The van der Waals surface area contributed by atoms with Crippen LogP contribution < -0.4 is 5.32 Å². The molecule has 0 saturated carbocycles. The topological polar surface area (TPSA) is 346 Å². The first-order chi connectivity index (χ1) is 23.2. The van der Waals surface area contributed by atoms with Crippen LogP contribution in [0.2, 0.25) is 0 Å². The molecule has 22 heteroatoms. The van der Waals surface area contributed by atoms with E-state index in [9.17, 15) is 66.1 Å². The summed E-state index contributed by atoms with van der Waals surface area (Å²) in [7, 11) is 1.15. The van der Waals surface area contributed by atoms with E-state index in [1.165, 1.54) is 0 Å². The van der Waals surface area contributed by atoms with Crippen molar-refractivity contribution in [3.63, 3.8) is 0 Å². The van der Waals surface area contributed by atoms with Gasteiger partial charge in [-0.15, -0.1) is 0 Å². The molecule has 4 fully saturated rings. The molecule has 22 nitrogen and oxygen atoms in total. The lowest BCUT2D eigenvalue weighted by molar-refractivity contribution is -0.379. The smallest absolute Gasteiger partial charge is 0.217 e. The Morgan fingerprint density at radius 3 is 1.55 bits per heavy atom. The number of hydrogen-bond donors (Lipinski definition) is 13. The highest BCUT2D eigenvalue weighted by atomic mass is 16.8. The second-order valence-corrected chi connectivity index (χ2v) is 12.1. The Bertz CT molecular complexity index is 1040. The molecule has 0 aromatic carbocycles. The number of nitrogens with one attached hydrogen (secondary N) is 1. The van der Waals surface area contributed by atoms with Crippen molar-refractivity contribution in [2.75, 3.05) is 33.5 Å². The van der Waals surface area contributed by atoms with Crippen molar-refractivity contribution in [2.24, 2.45) is 0 Å². The fourth-order valence-electron chi connectivity index (χ4n) is 6.18.